The van der Waals surface area contributed by atoms with Crippen LogP contribution in [0.25, 0.3) is 0 Å². The molecule has 4 unspecified atom stereocenters. The first-order valence-corrected chi connectivity index (χ1v) is 7.34. The first kappa shape index (κ1) is 11.9. The summed E-state index contributed by atoms with van der Waals surface area (Å²) in [4.78, 5) is 2.65. The fourth-order valence-electron chi connectivity index (χ4n) is 4.04. The summed E-state index contributed by atoms with van der Waals surface area (Å²) in [7, 11) is 0. The van der Waals surface area contributed by atoms with E-state index in [1.54, 1.807) is 0 Å². The zero-order chi connectivity index (χ0) is 11.7. The lowest BCUT2D eigenvalue weighted by Gasteiger charge is -2.32. The third kappa shape index (κ3) is 2.51. The Balaban J connectivity index is 1.58. The lowest BCUT2D eigenvalue weighted by molar-refractivity contribution is 0.0667. The monoisotopic (exact) mass is 239 g/mol. The topological polar surface area (TPSA) is 32.7 Å². The highest BCUT2D eigenvalue weighted by molar-refractivity contribution is 4.92. The van der Waals surface area contributed by atoms with E-state index in [1.807, 2.05) is 0 Å². The van der Waals surface area contributed by atoms with Crippen LogP contribution in [0.3, 0.4) is 0 Å². The summed E-state index contributed by atoms with van der Waals surface area (Å²) in [5, 5.41) is 10.1. The average molecular weight is 239 g/mol. The fraction of sp³-hybridized carbons (Fsp3) is 1.00. The second-order valence-electron chi connectivity index (χ2n) is 6.10. The van der Waals surface area contributed by atoms with Gasteiger partial charge in [0.15, 0.2) is 0 Å². The summed E-state index contributed by atoms with van der Waals surface area (Å²) in [5.74, 6) is 1.30. The minimum atomic E-state index is -0.0274. The number of likely N-dealkylation sites (tertiary alicyclic amines) is 1. The number of aliphatic hydroxyl groups excluding tert-OH is 1. The molecule has 3 aliphatic rings. The maximum atomic E-state index is 10.1. The molecule has 0 radical (unpaired) electrons. The molecule has 3 heteroatoms. The third-order valence-electron chi connectivity index (χ3n) is 4.96. The van der Waals surface area contributed by atoms with Crippen molar-refractivity contribution >= 4 is 0 Å². The van der Waals surface area contributed by atoms with Crippen molar-refractivity contribution in [3.8, 4) is 0 Å². The Labute approximate surface area is 104 Å². The van der Waals surface area contributed by atoms with E-state index in [0.717, 1.165) is 25.6 Å². The quantitative estimate of drug-likeness (QED) is 0.813. The van der Waals surface area contributed by atoms with Gasteiger partial charge < -0.3 is 9.84 Å². The molecule has 2 aliphatic heterocycles. The molecule has 0 aromatic carbocycles. The van der Waals surface area contributed by atoms with Gasteiger partial charge in [-0.15, -0.1) is 0 Å². The predicted molar refractivity (Wildman–Crippen MR) is 66.9 cm³/mol. The van der Waals surface area contributed by atoms with Gasteiger partial charge in [0, 0.05) is 25.1 Å². The van der Waals surface area contributed by atoms with Crippen molar-refractivity contribution < 1.29 is 9.84 Å². The molecule has 0 spiro atoms. The van der Waals surface area contributed by atoms with Crippen molar-refractivity contribution in [2.75, 3.05) is 26.3 Å². The molecule has 0 bridgehead atoms. The normalized spacial score (nSPS) is 43.6. The van der Waals surface area contributed by atoms with E-state index in [9.17, 15) is 5.11 Å². The molecule has 98 valence electrons. The Morgan fingerprint density at radius 3 is 2.76 bits per heavy atom. The summed E-state index contributed by atoms with van der Waals surface area (Å²) in [6, 6.07) is 0.660. The third-order valence-corrected chi connectivity index (χ3v) is 4.96. The van der Waals surface area contributed by atoms with Crippen molar-refractivity contribution in [1.82, 2.24) is 4.90 Å². The van der Waals surface area contributed by atoms with Gasteiger partial charge in [0.05, 0.1) is 12.7 Å². The molecule has 3 fully saturated rings. The van der Waals surface area contributed by atoms with Gasteiger partial charge in [-0.25, -0.2) is 0 Å². The van der Waals surface area contributed by atoms with Crippen molar-refractivity contribution in [3.63, 3.8) is 0 Å². The van der Waals surface area contributed by atoms with Crippen LogP contribution in [0.15, 0.2) is 0 Å². The van der Waals surface area contributed by atoms with E-state index in [4.69, 9.17) is 4.74 Å². The Bertz CT molecular complexity index is 253. The minimum Gasteiger partial charge on any atom is -0.393 e. The molecule has 2 heterocycles. The summed E-state index contributed by atoms with van der Waals surface area (Å²) < 4.78 is 5.47. The van der Waals surface area contributed by atoms with Crippen LogP contribution in [0.4, 0.5) is 0 Å². The highest BCUT2D eigenvalue weighted by Crippen LogP contribution is 2.36. The van der Waals surface area contributed by atoms with E-state index in [-0.39, 0.29) is 6.10 Å². The lowest BCUT2D eigenvalue weighted by Crippen LogP contribution is -2.41. The van der Waals surface area contributed by atoms with Gasteiger partial charge >= 0.3 is 0 Å². The maximum absolute atomic E-state index is 10.1. The highest BCUT2D eigenvalue weighted by atomic mass is 16.5. The van der Waals surface area contributed by atoms with Crippen molar-refractivity contribution in [2.45, 2.75) is 50.7 Å². The molecule has 3 rings (SSSR count). The second kappa shape index (κ2) is 5.25. The van der Waals surface area contributed by atoms with Gasteiger partial charge in [-0.2, -0.15) is 0 Å². The van der Waals surface area contributed by atoms with Crippen LogP contribution < -0.4 is 0 Å². The van der Waals surface area contributed by atoms with Gasteiger partial charge in [-0.05, 0) is 44.6 Å². The number of hydrogen-bond donors (Lipinski definition) is 1. The first-order valence-electron chi connectivity index (χ1n) is 7.34. The Kier molecular flexibility index (Phi) is 3.69. The van der Waals surface area contributed by atoms with E-state index in [0.29, 0.717) is 12.0 Å². The minimum absolute atomic E-state index is 0.0274. The Morgan fingerprint density at radius 1 is 1.12 bits per heavy atom. The largest absolute Gasteiger partial charge is 0.393 e. The molecule has 0 aromatic rings. The molecule has 0 aromatic heterocycles. The molecular weight excluding hydrogens is 214 g/mol. The second-order valence-corrected chi connectivity index (χ2v) is 6.10. The summed E-state index contributed by atoms with van der Waals surface area (Å²) in [5.41, 5.74) is 0. The highest BCUT2D eigenvalue weighted by Gasteiger charge is 2.38. The van der Waals surface area contributed by atoms with Crippen LogP contribution >= 0.6 is 0 Å². The van der Waals surface area contributed by atoms with Gasteiger partial charge in [-0.3, -0.25) is 4.90 Å². The van der Waals surface area contributed by atoms with Crippen LogP contribution in [0.5, 0.6) is 0 Å². The summed E-state index contributed by atoms with van der Waals surface area (Å²) in [6.45, 7) is 4.35. The standard InChI is InChI=1S/C14H25NO2/c16-14-5-1-3-12(14)13-4-2-7-15(13)9-11-6-8-17-10-11/h11-14,16H,1-10H2. The summed E-state index contributed by atoms with van der Waals surface area (Å²) in [6.07, 6.45) is 7.32. The van der Waals surface area contributed by atoms with Crippen LogP contribution in [-0.4, -0.2) is 48.5 Å². The van der Waals surface area contributed by atoms with E-state index >= 15 is 0 Å². The molecule has 17 heavy (non-hydrogen) atoms. The number of rotatable bonds is 3. The fourth-order valence-corrected chi connectivity index (χ4v) is 4.04. The zero-order valence-corrected chi connectivity index (χ0v) is 10.7. The number of hydrogen-bond acceptors (Lipinski definition) is 3. The first-order chi connectivity index (χ1) is 8.34. The van der Waals surface area contributed by atoms with E-state index < -0.39 is 0 Å². The van der Waals surface area contributed by atoms with Crippen molar-refractivity contribution in [3.05, 3.63) is 0 Å². The van der Waals surface area contributed by atoms with Gasteiger partial charge in [0.2, 0.25) is 0 Å². The van der Waals surface area contributed by atoms with Crippen LogP contribution in [-0.2, 0) is 4.74 Å². The molecule has 1 saturated carbocycles. The van der Waals surface area contributed by atoms with Crippen molar-refractivity contribution in [2.24, 2.45) is 11.8 Å². The van der Waals surface area contributed by atoms with Crippen LogP contribution in [0.2, 0.25) is 0 Å². The molecular formula is C14H25NO2. The Hall–Kier alpha value is -0.120. The number of ether oxygens (including phenoxy) is 1. The predicted octanol–water partition coefficient (Wildman–Crippen LogP) is 1.65. The van der Waals surface area contributed by atoms with Crippen LogP contribution in [0.1, 0.15) is 38.5 Å². The van der Waals surface area contributed by atoms with E-state index in [1.165, 1.54) is 45.2 Å². The smallest absolute Gasteiger partial charge is 0.0583 e. The van der Waals surface area contributed by atoms with Gasteiger partial charge in [-0.1, -0.05) is 6.42 Å². The number of nitrogens with zero attached hydrogens (tertiary/aromatic N) is 1. The maximum Gasteiger partial charge on any atom is 0.0583 e. The SMILES string of the molecule is OC1CCCC1C1CCCN1CC1CCOC1. The van der Waals surface area contributed by atoms with E-state index in [2.05, 4.69) is 4.90 Å². The molecule has 0 amide bonds. The molecule has 1 aliphatic carbocycles. The van der Waals surface area contributed by atoms with Gasteiger partial charge in [0.1, 0.15) is 0 Å². The molecule has 3 nitrogen and oxygen atoms in total. The zero-order valence-electron chi connectivity index (χ0n) is 10.7. The summed E-state index contributed by atoms with van der Waals surface area (Å²) >= 11 is 0. The molecule has 2 saturated heterocycles. The molecule has 4 atom stereocenters. The Morgan fingerprint density at radius 2 is 2.06 bits per heavy atom. The van der Waals surface area contributed by atoms with Crippen LogP contribution in [0, 0.1) is 11.8 Å². The number of aliphatic hydroxyl groups is 1. The average Bonchev–Trinajstić information content (AvgIpc) is 3.00. The lowest BCUT2D eigenvalue weighted by atomic mass is 9.93. The molecule has 1 N–H and O–H groups in total. The van der Waals surface area contributed by atoms with Crippen molar-refractivity contribution in [1.29, 1.82) is 0 Å². The van der Waals surface area contributed by atoms with Gasteiger partial charge in [0.25, 0.3) is 0 Å².